The van der Waals surface area contributed by atoms with Crippen LogP contribution < -0.4 is 11.2 Å². The van der Waals surface area contributed by atoms with Crippen molar-refractivity contribution < 1.29 is 9.21 Å². The Morgan fingerprint density at radius 3 is 3.06 bits per heavy atom. The summed E-state index contributed by atoms with van der Waals surface area (Å²) in [6.45, 7) is 0. The number of nitrogens with two attached hydrogens (primary N) is 1. The largest absolute Gasteiger partial charge is 0.448 e. The highest BCUT2D eigenvalue weighted by Gasteiger charge is 2.03. The normalized spacial score (nSPS) is 10.7. The van der Waals surface area contributed by atoms with E-state index in [-0.39, 0.29) is 0 Å². The van der Waals surface area contributed by atoms with Crippen LogP contribution in [0, 0.1) is 0 Å². The van der Waals surface area contributed by atoms with Crippen LogP contribution in [0.2, 0.25) is 0 Å². The lowest BCUT2D eigenvalue weighted by Crippen LogP contribution is -2.24. The van der Waals surface area contributed by atoms with Gasteiger partial charge in [-0.25, -0.2) is 15.2 Å². The van der Waals surface area contributed by atoms with Crippen molar-refractivity contribution in [3.63, 3.8) is 0 Å². The minimum Gasteiger partial charge on any atom is -0.448 e. The zero-order chi connectivity index (χ0) is 12.8. The second-order valence-electron chi connectivity index (χ2n) is 3.16. The molecule has 2 aromatic rings. The fourth-order valence-electron chi connectivity index (χ4n) is 1.13. The number of carbonyl (C=O) groups excluding carboxylic acids is 1. The number of urea groups is 1. The monoisotopic (exact) mass is 262 g/mol. The van der Waals surface area contributed by atoms with E-state index in [1.165, 1.54) is 18.0 Å². The number of carbonyl (C=O) groups is 1. The molecule has 0 unspecified atom stereocenters. The maximum Gasteiger partial charge on any atom is 0.332 e. The van der Waals surface area contributed by atoms with Gasteiger partial charge in [0.25, 0.3) is 0 Å². The first-order valence-corrected chi connectivity index (χ1v) is 5.83. The molecule has 0 aliphatic carbocycles. The molecule has 2 amide bonds. The Kier molecular flexibility index (Phi) is 3.98. The van der Waals surface area contributed by atoms with Crippen molar-refractivity contribution in [1.82, 2.24) is 10.4 Å². The predicted molar refractivity (Wildman–Crippen MR) is 67.4 cm³/mol. The van der Waals surface area contributed by atoms with Crippen molar-refractivity contribution in [2.75, 3.05) is 0 Å². The summed E-state index contributed by atoms with van der Waals surface area (Å²) in [5.74, 6) is 0.516. The molecule has 0 fully saturated rings. The average molecular weight is 262 g/mol. The number of primary amides is 1. The molecule has 0 saturated carbocycles. The summed E-state index contributed by atoms with van der Waals surface area (Å²) < 4.78 is 5.45. The van der Waals surface area contributed by atoms with E-state index >= 15 is 0 Å². The van der Waals surface area contributed by atoms with Gasteiger partial charge in [0.15, 0.2) is 5.09 Å². The molecule has 0 bridgehead atoms. The smallest absolute Gasteiger partial charge is 0.332 e. The van der Waals surface area contributed by atoms with E-state index in [1.807, 2.05) is 18.2 Å². The van der Waals surface area contributed by atoms with Gasteiger partial charge in [-0.1, -0.05) is 6.07 Å². The Morgan fingerprint density at radius 1 is 1.44 bits per heavy atom. The quantitative estimate of drug-likeness (QED) is 0.649. The number of rotatable bonds is 4. The van der Waals surface area contributed by atoms with Crippen LogP contribution in [0.25, 0.3) is 0 Å². The summed E-state index contributed by atoms with van der Waals surface area (Å²) in [5.41, 5.74) is 6.94. The molecule has 0 aromatic carbocycles. The number of nitrogens with one attached hydrogen (secondary N) is 1. The van der Waals surface area contributed by atoms with Crippen LogP contribution in [0.5, 0.6) is 0 Å². The van der Waals surface area contributed by atoms with E-state index < -0.39 is 6.03 Å². The van der Waals surface area contributed by atoms with E-state index in [1.54, 1.807) is 18.3 Å². The summed E-state index contributed by atoms with van der Waals surface area (Å²) in [4.78, 5) is 14.6. The number of furan rings is 1. The number of nitrogens with zero attached hydrogens (tertiary/aromatic N) is 2. The summed E-state index contributed by atoms with van der Waals surface area (Å²) >= 11 is 1.40. The van der Waals surface area contributed by atoms with Crippen molar-refractivity contribution in [2.24, 2.45) is 10.8 Å². The molecule has 0 atom stereocenters. The minimum atomic E-state index is -0.721. The summed E-state index contributed by atoms with van der Waals surface area (Å²) in [6.07, 6.45) is 3.08. The molecule has 0 aliphatic heterocycles. The Morgan fingerprint density at radius 2 is 2.33 bits per heavy atom. The van der Waals surface area contributed by atoms with Crippen LogP contribution in [0.4, 0.5) is 4.79 Å². The Hall–Kier alpha value is -2.28. The Labute approximate surface area is 107 Å². The molecule has 92 valence electrons. The van der Waals surface area contributed by atoms with Gasteiger partial charge in [0.2, 0.25) is 0 Å². The van der Waals surface area contributed by atoms with Gasteiger partial charge in [-0.2, -0.15) is 5.10 Å². The van der Waals surface area contributed by atoms with E-state index in [0.717, 1.165) is 5.03 Å². The van der Waals surface area contributed by atoms with Gasteiger partial charge in [0.1, 0.15) is 10.8 Å². The van der Waals surface area contributed by atoms with Crippen molar-refractivity contribution in [1.29, 1.82) is 0 Å². The molecule has 18 heavy (non-hydrogen) atoms. The number of hydrazone groups is 1. The van der Waals surface area contributed by atoms with Gasteiger partial charge in [0, 0.05) is 6.20 Å². The highest BCUT2D eigenvalue weighted by molar-refractivity contribution is 7.99. The second kappa shape index (κ2) is 5.87. The zero-order valence-electron chi connectivity index (χ0n) is 9.24. The maximum absolute atomic E-state index is 10.4. The lowest BCUT2D eigenvalue weighted by atomic mass is 10.5. The summed E-state index contributed by atoms with van der Waals surface area (Å²) in [6, 6.07) is 8.44. The van der Waals surface area contributed by atoms with Crippen LogP contribution >= 0.6 is 11.8 Å². The van der Waals surface area contributed by atoms with E-state index in [2.05, 4.69) is 15.5 Å². The average Bonchev–Trinajstić information content (AvgIpc) is 2.78. The van der Waals surface area contributed by atoms with E-state index in [4.69, 9.17) is 10.2 Å². The molecule has 0 saturated heterocycles. The standard InChI is InChI=1S/C11H10N4O2S/c12-11(16)15-14-7-8-4-5-10(17-8)18-9-3-1-2-6-13-9/h1-7H,(H3,12,15,16)/b14-7+. The molecule has 2 aromatic heterocycles. The number of hydrogen-bond donors (Lipinski definition) is 2. The van der Waals surface area contributed by atoms with Crippen molar-refractivity contribution in [2.45, 2.75) is 10.1 Å². The molecular formula is C11H10N4O2S. The number of pyridine rings is 1. The lowest BCUT2D eigenvalue weighted by molar-refractivity contribution is 0.249. The third-order valence-corrected chi connectivity index (χ3v) is 2.68. The molecule has 7 heteroatoms. The molecule has 3 N–H and O–H groups in total. The first-order chi connectivity index (χ1) is 8.74. The molecular weight excluding hydrogens is 252 g/mol. The SMILES string of the molecule is NC(=O)N/N=C/c1ccc(Sc2ccccn2)o1. The minimum absolute atomic E-state index is 0.516. The van der Waals surface area contributed by atoms with Crippen LogP contribution in [0.3, 0.4) is 0 Å². The number of hydrogen-bond acceptors (Lipinski definition) is 5. The van der Waals surface area contributed by atoms with Gasteiger partial charge in [0.05, 0.1) is 6.21 Å². The van der Waals surface area contributed by atoms with Gasteiger partial charge in [-0.3, -0.25) is 0 Å². The molecule has 0 radical (unpaired) electrons. The van der Waals surface area contributed by atoms with Crippen LogP contribution in [-0.2, 0) is 0 Å². The van der Waals surface area contributed by atoms with Crippen molar-refractivity contribution in [3.05, 3.63) is 42.3 Å². The molecule has 0 spiro atoms. The topological polar surface area (TPSA) is 93.5 Å². The number of amides is 2. The van der Waals surface area contributed by atoms with E-state index in [0.29, 0.717) is 10.9 Å². The fourth-order valence-corrected chi connectivity index (χ4v) is 1.87. The van der Waals surface area contributed by atoms with Crippen molar-refractivity contribution >= 4 is 24.0 Å². The second-order valence-corrected chi connectivity index (χ2v) is 4.19. The Balaban J connectivity index is 1.98. The first-order valence-electron chi connectivity index (χ1n) is 5.01. The lowest BCUT2D eigenvalue weighted by Gasteiger charge is -1.95. The van der Waals surface area contributed by atoms with Crippen molar-refractivity contribution in [3.8, 4) is 0 Å². The van der Waals surface area contributed by atoms with E-state index in [9.17, 15) is 4.79 Å². The predicted octanol–water partition coefficient (Wildman–Crippen LogP) is 1.83. The first kappa shape index (κ1) is 12.2. The molecule has 0 aliphatic rings. The van der Waals surface area contributed by atoms with Gasteiger partial charge < -0.3 is 10.2 Å². The fraction of sp³-hybridized carbons (Fsp3) is 0. The van der Waals surface area contributed by atoms with Gasteiger partial charge in [-0.15, -0.1) is 0 Å². The third kappa shape index (κ3) is 3.63. The zero-order valence-corrected chi connectivity index (χ0v) is 10.1. The summed E-state index contributed by atoms with van der Waals surface area (Å²) in [7, 11) is 0. The summed E-state index contributed by atoms with van der Waals surface area (Å²) in [5, 5.41) is 5.12. The Bertz CT molecular complexity index is 553. The van der Waals surface area contributed by atoms with Crippen LogP contribution in [0.15, 0.2) is 56.2 Å². The highest BCUT2D eigenvalue weighted by Crippen LogP contribution is 2.26. The molecule has 2 rings (SSSR count). The van der Waals surface area contributed by atoms with Gasteiger partial charge in [-0.05, 0) is 36.0 Å². The van der Waals surface area contributed by atoms with Gasteiger partial charge >= 0.3 is 6.03 Å². The number of aromatic nitrogens is 1. The third-order valence-electron chi connectivity index (χ3n) is 1.81. The van der Waals surface area contributed by atoms with Crippen LogP contribution in [-0.4, -0.2) is 17.2 Å². The molecule has 6 nitrogen and oxygen atoms in total. The molecule has 2 heterocycles. The highest BCUT2D eigenvalue weighted by atomic mass is 32.2. The van der Waals surface area contributed by atoms with Crippen LogP contribution in [0.1, 0.15) is 5.76 Å². The maximum atomic E-state index is 10.4.